The molecule has 3 amide bonds. The van der Waals surface area contributed by atoms with E-state index in [-0.39, 0.29) is 10.7 Å². The first kappa shape index (κ1) is 27.0. The van der Waals surface area contributed by atoms with Crippen LogP contribution < -0.4 is 21.5 Å². The third kappa shape index (κ3) is 6.86. The second kappa shape index (κ2) is 10.8. The number of amides is 3. The highest BCUT2D eigenvalue weighted by Gasteiger charge is 2.36. The number of alkyl halides is 6. The summed E-state index contributed by atoms with van der Waals surface area (Å²) >= 11 is 0. The fraction of sp³-hybridized carbons (Fsp3) is 0.0909. The number of anilines is 3. The van der Waals surface area contributed by atoms with E-state index >= 15 is 0 Å². The van der Waals surface area contributed by atoms with E-state index in [4.69, 9.17) is 11.6 Å². The summed E-state index contributed by atoms with van der Waals surface area (Å²) in [6.07, 6.45) is -10.7. The number of hydrogen-bond donors (Lipinski definition) is 3. The summed E-state index contributed by atoms with van der Waals surface area (Å²) in [4.78, 5) is 22.6. The Bertz CT molecular complexity index is 1170. The summed E-state index contributed by atoms with van der Waals surface area (Å²) < 4.78 is 76.2. The summed E-state index contributed by atoms with van der Waals surface area (Å²) in [5.41, 5.74) is 2.03. The third-order valence-electron chi connectivity index (χ3n) is 4.36. The number of urea groups is 1. The summed E-state index contributed by atoms with van der Waals surface area (Å²) in [6.45, 7) is 0. The molecular formula is C22H18F6N4O3. The van der Waals surface area contributed by atoms with Gasteiger partial charge in [0.15, 0.2) is 0 Å². The highest BCUT2D eigenvalue weighted by Crippen LogP contribution is 2.39. The number of halogens is 6. The number of hydrazine groups is 1. The molecule has 0 aliphatic heterocycles. The van der Waals surface area contributed by atoms with Gasteiger partial charge in [0.1, 0.15) is 0 Å². The number of carbonyl (C=O) groups excluding carboxylic acids is 1. The molecule has 0 atom stereocenters. The van der Waals surface area contributed by atoms with Gasteiger partial charge >= 0.3 is 24.5 Å². The fourth-order valence-electron chi connectivity index (χ4n) is 2.88. The molecule has 7 nitrogen and oxygen atoms in total. The third-order valence-corrected chi connectivity index (χ3v) is 4.36. The average molecular weight is 500 g/mol. The minimum Gasteiger partial charge on any atom is -0.464 e. The molecular weight excluding hydrogens is 482 g/mol. The highest BCUT2D eigenvalue weighted by atomic mass is 19.4. The van der Waals surface area contributed by atoms with Crippen molar-refractivity contribution in [3.63, 3.8) is 0 Å². The number of hydrogen-bond acceptors (Lipinski definition) is 3. The molecule has 0 aromatic heterocycles. The van der Waals surface area contributed by atoms with Crippen LogP contribution in [-0.4, -0.2) is 17.2 Å². The van der Waals surface area contributed by atoms with Crippen molar-refractivity contribution in [3.8, 4) is 0 Å². The largest absolute Gasteiger partial charge is 0.464 e. The Morgan fingerprint density at radius 1 is 0.686 bits per heavy atom. The first-order chi connectivity index (χ1) is 16.2. The molecule has 0 radical (unpaired) electrons. The quantitative estimate of drug-likeness (QED) is 0.178. The number of nitrogens with zero attached hydrogens (tertiary/aromatic N) is 2. The van der Waals surface area contributed by atoms with Crippen LogP contribution in [0.2, 0.25) is 0 Å². The Morgan fingerprint density at radius 3 is 1.51 bits per heavy atom. The van der Waals surface area contributed by atoms with Gasteiger partial charge in [0.05, 0.1) is 28.2 Å². The van der Waals surface area contributed by atoms with Gasteiger partial charge in [-0.05, 0) is 36.4 Å². The molecule has 0 saturated heterocycles. The van der Waals surface area contributed by atoms with E-state index in [1.165, 1.54) is 36.4 Å². The van der Waals surface area contributed by atoms with Gasteiger partial charge in [-0.1, -0.05) is 42.5 Å². The van der Waals surface area contributed by atoms with Crippen molar-refractivity contribution < 1.29 is 41.0 Å². The lowest BCUT2D eigenvalue weighted by molar-refractivity contribution is -0.137. The molecule has 0 aliphatic carbocycles. The molecule has 5 N–H and O–H groups in total. The molecule has 0 heterocycles. The number of carbonyl (C=O) groups is 2. The first-order valence-corrected chi connectivity index (χ1v) is 9.50. The number of primary amides is 1. The Balaban J connectivity index is 0.000000258. The number of carboxylic acid groups (broad SMARTS) is 1. The van der Waals surface area contributed by atoms with E-state index in [1.54, 1.807) is 18.2 Å². The Hall–Kier alpha value is -4.26. The normalized spacial score (nSPS) is 11.2. The van der Waals surface area contributed by atoms with Crippen molar-refractivity contribution in [2.24, 2.45) is 11.6 Å². The fourth-order valence-corrected chi connectivity index (χ4v) is 2.88. The molecule has 13 heteroatoms. The van der Waals surface area contributed by atoms with E-state index in [2.05, 4.69) is 0 Å². The molecule has 0 unspecified atom stereocenters. The predicted octanol–water partition coefficient (Wildman–Crippen LogP) is 5.99. The van der Waals surface area contributed by atoms with Crippen LogP contribution in [0.3, 0.4) is 0 Å². The molecule has 35 heavy (non-hydrogen) atoms. The summed E-state index contributed by atoms with van der Waals surface area (Å²) in [7, 11) is 0. The van der Waals surface area contributed by atoms with Gasteiger partial charge in [0.25, 0.3) is 0 Å². The summed E-state index contributed by atoms with van der Waals surface area (Å²) in [6, 6.07) is 15.4. The molecule has 3 aromatic rings. The molecule has 3 aromatic carbocycles. The zero-order valence-electron chi connectivity index (χ0n) is 17.6. The Labute approximate surface area is 194 Å². The van der Waals surface area contributed by atoms with Gasteiger partial charge in [-0.15, -0.1) is 0 Å². The van der Waals surface area contributed by atoms with Crippen LogP contribution in [0.1, 0.15) is 11.1 Å². The summed E-state index contributed by atoms with van der Waals surface area (Å²) in [5, 5.41) is 9.48. The van der Waals surface area contributed by atoms with Gasteiger partial charge in [-0.2, -0.15) is 26.3 Å². The smallest absolute Gasteiger partial charge is 0.418 e. The first-order valence-electron chi connectivity index (χ1n) is 9.50. The number of para-hydroxylation sites is 3. The van der Waals surface area contributed by atoms with Crippen molar-refractivity contribution in [1.82, 2.24) is 0 Å². The van der Waals surface area contributed by atoms with E-state index < -0.39 is 47.0 Å². The monoisotopic (exact) mass is 500 g/mol. The zero-order chi connectivity index (χ0) is 26.4. The standard InChI is InChI=1S/C14H10F3NO2.C8H8F3N3O/c15-14(16,17)11-8-4-5-9-12(11)18(13(19)20)10-6-2-1-3-7-10;9-8(10,11)5-3-1-2-4-6(5)14(13)7(12)15/h1-9H,(H,19,20);1-4H,13H2,(H2,12,15). The Morgan fingerprint density at radius 2 is 1.09 bits per heavy atom. The molecule has 0 fully saturated rings. The summed E-state index contributed by atoms with van der Waals surface area (Å²) in [5.74, 6) is 5.09. The van der Waals surface area contributed by atoms with Crippen LogP contribution in [0.25, 0.3) is 0 Å². The predicted molar refractivity (Wildman–Crippen MR) is 116 cm³/mol. The maximum atomic E-state index is 13.0. The van der Waals surface area contributed by atoms with Crippen LogP contribution in [0.4, 0.5) is 53.0 Å². The van der Waals surface area contributed by atoms with E-state index in [0.717, 1.165) is 24.3 Å². The van der Waals surface area contributed by atoms with E-state index in [9.17, 15) is 41.0 Å². The van der Waals surface area contributed by atoms with Crippen molar-refractivity contribution in [3.05, 3.63) is 90.0 Å². The topological polar surface area (TPSA) is 113 Å². The van der Waals surface area contributed by atoms with Crippen molar-refractivity contribution in [1.29, 1.82) is 0 Å². The van der Waals surface area contributed by atoms with Crippen molar-refractivity contribution in [2.75, 3.05) is 9.91 Å². The lowest BCUT2D eigenvalue weighted by Crippen LogP contribution is -2.42. The SMILES string of the molecule is NC(=O)N(N)c1ccccc1C(F)(F)F.O=C(O)N(c1ccccc1)c1ccccc1C(F)(F)F. The van der Waals surface area contributed by atoms with Gasteiger partial charge in [0, 0.05) is 0 Å². The van der Waals surface area contributed by atoms with Crippen LogP contribution in [-0.2, 0) is 12.4 Å². The van der Waals surface area contributed by atoms with Crippen LogP contribution in [0.5, 0.6) is 0 Å². The van der Waals surface area contributed by atoms with Crippen LogP contribution >= 0.6 is 0 Å². The lowest BCUT2D eigenvalue weighted by Gasteiger charge is -2.23. The number of benzene rings is 3. The molecule has 0 bridgehead atoms. The number of rotatable bonds is 3. The van der Waals surface area contributed by atoms with E-state index in [0.29, 0.717) is 4.90 Å². The number of nitrogens with two attached hydrogens (primary N) is 2. The molecule has 0 saturated carbocycles. The zero-order valence-corrected chi connectivity index (χ0v) is 17.6. The maximum absolute atomic E-state index is 13.0. The van der Waals surface area contributed by atoms with E-state index in [1.807, 2.05) is 0 Å². The maximum Gasteiger partial charge on any atom is 0.418 e. The highest BCUT2D eigenvalue weighted by molar-refractivity contribution is 5.95. The minimum absolute atomic E-state index is 0.150. The van der Waals surface area contributed by atoms with Gasteiger partial charge in [0.2, 0.25) is 0 Å². The molecule has 186 valence electrons. The van der Waals surface area contributed by atoms with Crippen molar-refractivity contribution >= 4 is 29.2 Å². The molecule has 3 rings (SSSR count). The van der Waals surface area contributed by atoms with Crippen molar-refractivity contribution in [2.45, 2.75) is 12.4 Å². The van der Waals surface area contributed by atoms with Crippen LogP contribution in [0.15, 0.2) is 78.9 Å². The Kier molecular flexibility index (Phi) is 8.31. The van der Waals surface area contributed by atoms with Crippen LogP contribution in [0, 0.1) is 0 Å². The van der Waals surface area contributed by atoms with Gasteiger partial charge in [-0.3, -0.25) is 0 Å². The average Bonchev–Trinajstić information content (AvgIpc) is 2.78. The van der Waals surface area contributed by atoms with Gasteiger partial charge in [-0.25, -0.2) is 25.3 Å². The minimum atomic E-state index is -4.63. The van der Waals surface area contributed by atoms with Gasteiger partial charge < -0.3 is 10.8 Å². The molecule has 0 aliphatic rings. The molecule has 0 spiro atoms. The lowest BCUT2D eigenvalue weighted by atomic mass is 10.1. The second-order valence-electron chi connectivity index (χ2n) is 6.69. The second-order valence-corrected chi connectivity index (χ2v) is 6.69.